The van der Waals surface area contributed by atoms with Crippen LogP contribution in [0, 0.1) is 0 Å². The molecule has 46 heavy (non-hydrogen) atoms. The normalized spacial score (nSPS) is 26.4. The van der Waals surface area contributed by atoms with Crippen LogP contribution in [0.15, 0.2) is 0 Å². The van der Waals surface area contributed by atoms with Gasteiger partial charge < -0.3 is 0 Å². The molecule has 0 saturated carbocycles. The van der Waals surface area contributed by atoms with Gasteiger partial charge in [-0.25, -0.2) is 0 Å². The molecule has 6 aliphatic rings. The van der Waals surface area contributed by atoms with E-state index in [0.717, 1.165) is 158 Å². The van der Waals surface area contributed by atoms with E-state index in [-0.39, 0.29) is 0 Å². The van der Waals surface area contributed by atoms with Crippen LogP contribution in [0.2, 0.25) is 0 Å². The van der Waals surface area contributed by atoms with Crippen molar-refractivity contribution in [2.75, 3.05) is 196 Å². The van der Waals surface area contributed by atoms with Crippen LogP contribution in [-0.2, 0) is 28.4 Å². The molecule has 6 rings (SSSR count). The van der Waals surface area contributed by atoms with E-state index in [1.165, 1.54) is 37.7 Å². The molecule has 0 N–H and O–H groups in total. The summed E-state index contributed by atoms with van der Waals surface area (Å²) in [6.07, 6.45) is 7.28. The minimum absolute atomic E-state index is 0.884. The summed E-state index contributed by atoms with van der Waals surface area (Å²) in [7, 11) is 0. The fourth-order valence-corrected chi connectivity index (χ4v) is 19.7. The Morgan fingerprint density at radius 2 is 0.413 bits per heavy atom. The molecule has 0 amide bonds. The van der Waals surface area contributed by atoms with E-state index in [1.807, 2.05) is 0 Å². The molecule has 0 aromatic rings. The summed E-state index contributed by atoms with van der Waals surface area (Å²) >= 11 is 7.39. The van der Waals surface area contributed by atoms with Crippen LogP contribution < -0.4 is 0 Å². The van der Waals surface area contributed by atoms with E-state index in [2.05, 4.69) is 59.6 Å². The van der Waals surface area contributed by atoms with Crippen molar-refractivity contribution < 1.29 is 28.4 Å². The first-order valence-electron chi connectivity index (χ1n) is 17.4. The molecule has 0 bridgehead atoms. The Morgan fingerprint density at radius 1 is 0.283 bits per heavy atom. The predicted molar refractivity (Wildman–Crippen MR) is 189 cm³/mol. The van der Waals surface area contributed by atoms with Gasteiger partial charge in [0, 0.05) is 0 Å². The van der Waals surface area contributed by atoms with Gasteiger partial charge in [0.15, 0.2) is 0 Å². The second-order valence-corrected chi connectivity index (χ2v) is 29.0. The number of morpholine rings is 6. The molecule has 0 atom stereocenters. The Labute approximate surface area is 293 Å². The second-order valence-electron chi connectivity index (χ2n) is 13.3. The molecule has 6 saturated heterocycles. The fraction of sp³-hybridized carbons (Fsp3) is 1.00. The monoisotopic (exact) mass is 822 g/mol. The molecule has 6 fully saturated rings. The van der Waals surface area contributed by atoms with Crippen molar-refractivity contribution in [1.29, 1.82) is 0 Å². The Morgan fingerprint density at radius 3 is 0.543 bits per heavy atom. The molecule has 6 aliphatic heterocycles. The maximum absolute atomic E-state index is 5.52. The van der Waals surface area contributed by atoms with Crippen molar-refractivity contribution in [3.05, 3.63) is 0 Å². The molecule has 0 spiro atoms. The molecule has 0 aliphatic carbocycles. The number of hydrogen-bond donors (Lipinski definition) is 0. The molecular weight excluding hydrogens is 760 g/mol. The summed E-state index contributed by atoms with van der Waals surface area (Å²) in [5.74, 6) is 0. The van der Waals surface area contributed by atoms with Gasteiger partial charge in [0.25, 0.3) is 0 Å². The molecule has 6 heterocycles. The van der Waals surface area contributed by atoms with E-state index in [0.29, 0.717) is 0 Å². The van der Waals surface area contributed by atoms with Crippen LogP contribution in [0.4, 0.5) is 0 Å². The number of hydrogen-bond acceptors (Lipinski definition) is 12. The van der Waals surface area contributed by atoms with Gasteiger partial charge in [0.1, 0.15) is 0 Å². The van der Waals surface area contributed by atoms with Crippen LogP contribution in [0.3, 0.4) is 0 Å². The maximum atomic E-state index is 5.52. The number of ether oxygens (including phenoxy) is 6. The standard InChI is InChI=1S/2C15H30N3O3PSe/c2*23-22(13-16-1-7-19-8-2-16,14-17-3-9-20-10-4-17)15-18-5-11-21-12-6-18/h2*1-15H2. The van der Waals surface area contributed by atoms with Gasteiger partial charge in [0.05, 0.1) is 0 Å². The summed E-state index contributed by atoms with van der Waals surface area (Å²) in [4.78, 5) is 15.6. The molecule has 268 valence electrons. The average Bonchev–Trinajstić information content (AvgIpc) is 3.07. The minimum atomic E-state index is -1.19. The zero-order valence-electron chi connectivity index (χ0n) is 28.1. The van der Waals surface area contributed by atoms with Gasteiger partial charge >= 0.3 is 295 Å². The number of nitrogens with zero attached hydrogens (tertiary/aromatic N) is 6. The van der Waals surface area contributed by atoms with E-state index in [1.54, 1.807) is 0 Å². The molecule has 0 aromatic carbocycles. The molecule has 0 unspecified atom stereocenters. The van der Waals surface area contributed by atoms with Gasteiger partial charge in [-0.1, -0.05) is 0 Å². The summed E-state index contributed by atoms with van der Waals surface area (Å²) in [6.45, 7) is 23.6. The van der Waals surface area contributed by atoms with Crippen LogP contribution in [-0.4, -0.2) is 255 Å². The first-order chi connectivity index (χ1) is 22.5. The van der Waals surface area contributed by atoms with E-state index in [4.69, 9.17) is 28.4 Å². The average molecular weight is 821 g/mol. The van der Waals surface area contributed by atoms with Crippen LogP contribution >= 0.6 is 11.0 Å². The van der Waals surface area contributed by atoms with Crippen molar-refractivity contribution in [2.24, 2.45) is 0 Å². The first kappa shape index (κ1) is 38.6. The summed E-state index contributed by atoms with van der Waals surface area (Å²) in [6, 6.07) is 0. The second kappa shape index (κ2) is 21.1. The molecule has 0 aromatic heterocycles. The molecule has 16 heteroatoms. The van der Waals surface area contributed by atoms with Gasteiger partial charge in [-0.05, 0) is 0 Å². The van der Waals surface area contributed by atoms with E-state index in [9.17, 15) is 0 Å². The Balaban J connectivity index is 0.000000181. The van der Waals surface area contributed by atoms with Gasteiger partial charge in [-0.15, -0.1) is 0 Å². The van der Waals surface area contributed by atoms with Crippen molar-refractivity contribution in [1.82, 2.24) is 29.4 Å². The first-order valence-corrected chi connectivity index (χ1v) is 26.5. The van der Waals surface area contributed by atoms with E-state index >= 15 is 0 Å². The van der Waals surface area contributed by atoms with Gasteiger partial charge in [-0.3, -0.25) is 0 Å². The van der Waals surface area contributed by atoms with Crippen LogP contribution in [0.25, 0.3) is 0 Å². The summed E-state index contributed by atoms with van der Waals surface area (Å²) in [5.41, 5.74) is -2.38. The molecule has 12 nitrogen and oxygen atoms in total. The van der Waals surface area contributed by atoms with Crippen molar-refractivity contribution in [3.63, 3.8) is 0 Å². The van der Waals surface area contributed by atoms with Crippen LogP contribution in [0.5, 0.6) is 0 Å². The summed E-state index contributed by atoms with van der Waals surface area (Å²) in [5, 5.41) is 0. The van der Waals surface area contributed by atoms with Crippen molar-refractivity contribution >= 4 is 41.2 Å². The third kappa shape index (κ3) is 14.2. The number of rotatable bonds is 12. The zero-order valence-corrected chi connectivity index (χ0v) is 33.3. The Bertz CT molecular complexity index is 755. The van der Waals surface area contributed by atoms with Gasteiger partial charge in [-0.2, -0.15) is 0 Å². The third-order valence-corrected chi connectivity index (χ3v) is 19.2. The van der Waals surface area contributed by atoms with E-state index < -0.39 is 11.0 Å². The third-order valence-electron chi connectivity index (χ3n) is 9.37. The van der Waals surface area contributed by atoms with Crippen LogP contribution in [0.1, 0.15) is 0 Å². The SMILES string of the molecule is [Se]=P(CN1CCOCC1)(CN1CCOCC1)CN1CCOCC1.[Se]=P(CN1CCOCC1)(CN1CCOCC1)CN1CCOCC1. The summed E-state index contributed by atoms with van der Waals surface area (Å²) < 4.78 is 33.1. The fourth-order valence-electron chi connectivity index (χ4n) is 6.91. The topological polar surface area (TPSA) is 74.8 Å². The van der Waals surface area contributed by atoms with Crippen molar-refractivity contribution in [2.45, 2.75) is 0 Å². The van der Waals surface area contributed by atoms with Gasteiger partial charge in [0.2, 0.25) is 0 Å². The zero-order chi connectivity index (χ0) is 31.9. The Kier molecular flexibility index (Phi) is 17.7. The molecular formula is C30H60N6O6P2Se2. The van der Waals surface area contributed by atoms with Crippen molar-refractivity contribution in [3.8, 4) is 0 Å². The molecule has 0 radical (unpaired) electrons. The quantitative estimate of drug-likeness (QED) is 0.196. The Hall–Kier alpha value is 1.42. The predicted octanol–water partition coefficient (Wildman–Crippen LogP) is -0.0868.